The van der Waals surface area contributed by atoms with Gasteiger partial charge in [0.1, 0.15) is 5.75 Å². The Bertz CT molecular complexity index is 609. The van der Waals surface area contributed by atoms with Crippen LogP contribution in [0, 0.1) is 11.3 Å². The van der Waals surface area contributed by atoms with Crippen molar-refractivity contribution in [2.45, 2.75) is 39.0 Å². The molecule has 1 atom stereocenters. The van der Waals surface area contributed by atoms with Gasteiger partial charge in [-0.3, -0.25) is 4.79 Å². The Morgan fingerprint density at radius 2 is 2.09 bits per heavy atom. The molecule has 0 spiro atoms. The van der Waals surface area contributed by atoms with Crippen molar-refractivity contribution in [3.8, 4) is 5.75 Å². The van der Waals surface area contributed by atoms with Gasteiger partial charge in [-0.2, -0.15) is 0 Å². The lowest BCUT2D eigenvalue weighted by atomic mass is 9.79. The SMILES string of the molecule is CC1(C)COc2cc(C(C(=O)O)C3CCNCC3)c(Cl)cc2C1. The van der Waals surface area contributed by atoms with Crippen LogP contribution in [0.15, 0.2) is 12.1 Å². The van der Waals surface area contributed by atoms with Gasteiger partial charge in [0, 0.05) is 10.4 Å². The van der Waals surface area contributed by atoms with E-state index < -0.39 is 11.9 Å². The minimum atomic E-state index is -0.796. The highest BCUT2D eigenvalue weighted by molar-refractivity contribution is 6.31. The van der Waals surface area contributed by atoms with E-state index >= 15 is 0 Å². The number of benzene rings is 1. The molecule has 4 nitrogen and oxygen atoms in total. The first-order chi connectivity index (χ1) is 10.9. The lowest BCUT2D eigenvalue weighted by molar-refractivity contribution is -0.140. The zero-order chi connectivity index (χ0) is 16.6. The third-order valence-corrected chi connectivity index (χ3v) is 5.25. The second kappa shape index (κ2) is 6.33. The highest BCUT2D eigenvalue weighted by Crippen LogP contribution is 2.42. The molecule has 0 bridgehead atoms. The van der Waals surface area contributed by atoms with Gasteiger partial charge in [-0.05, 0) is 61.5 Å². The molecule has 2 heterocycles. The molecule has 1 unspecified atom stereocenters. The van der Waals surface area contributed by atoms with E-state index in [1.54, 1.807) is 0 Å². The maximum Gasteiger partial charge on any atom is 0.311 e. The van der Waals surface area contributed by atoms with Gasteiger partial charge in [0.25, 0.3) is 0 Å². The van der Waals surface area contributed by atoms with Crippen LogP contribution >= 0.6 is 11.6 Å². The molecule has 5 heteroatoms. The number of fused-ring (bicyclic) bond motifs is 1. The van der Waals surface area contributed by atoms with Crippen LogP contribution in [0.3, 0.4) is 0 Å². The molecule has 2 N–H and O–H groups in total. The van der Waals surface area contributed by atoms with E-state index in [0.29, 0.717) is 17.2 Å². The largest absolute Gasteiger partial charge is 0.493 e. The molecule has 126 valence electrons. The molecule has 1 aromatic rings. The molecular formula is C18H24ClNO3. The molecule has 1 saturated heterocycles. The summed E-state index contributed by atoms with van der Waals surface area (Å²) in [6.07, 6.45) is 2.62. The van der Waals surface area contributed by atoms with Crippen LogP contribution in [0.1, 0.15) is 43.7 Å². The molecule has 2 aliphatic rings. The molecule has 0 radical (unpaired) electrons. The third-order valence-electron chi connectivity index (χ3n) is 4.92. The number of carbonyl (C=O) groups is 1. The Balaban J connectivity index is 1.96. The van der Waals surface area contributed by atoms with Crippen LogP contribution in [-0.4, -0.2) is 30.8 Å². The molecule has 23 heavy (non-hydrogen) atoms. The van der Waals surface area contributed by atoms with Crippen molar-refractivity contribution in [2.24, 2.45) is 11.3 Å². The lowest BCUT2D eigenvalue weighted by Crippen LogP contribution is -2.34. The summed E-state index contributed by atoms with van der Waals surface area (Å²) in [6.45, 7) is 6.69. The summed E-state index contributed by atoms with van der Waals surface area (Å²) < 4.78 is 5.89. The smallest absolute Gasteiger partial charge is 0.311 e. The topological polar surface area (TPSA) is 58.6 Å². The van der Waals surface area contributed by atoms with Crippen LogP contribution in [0.4, 0.5) is 0 Å². The summed E-state index contributed by atoms with van der Waals surface area (Å²) in [5.41, 5.74) is 1.85. The fourth-order valence-electron chi connectivity index (χ4n) is 3.73. The zero-order valence-corrected chi connectivity index (χ0v) is 14.4. The number of nitrogens with one attached hydrogen (secondary N) is 1. The monoisotopic (exact) mass is 337 g/mol. The van der Waals surface area contributed by atoms with Crippen molar-refractivity contribution < 1.29 is 14.6 Å². The predicted molar refractivity (Wildman–Crippen MR) is 90.4 cm³/mol. The number of carboxylic acids is 1. The Hall–Kier alpha value is -1.26. The summed E-state index contributed by atoms with van der Waals surface area (Å²) >= 11 is 6.48. The van der Waals surface area contributed by atoms with Crippen LogP contribution in [0.2, 0.25) is 5.02 Å². The summed E-state index contributed by atoms with van der Waals surface area (Å²) in [6, 6.07) is 3.78. The average Bonchev–Trinajstić information content (AvgIpc) is 2.48. The number of rotatable bonds is 3. The number of ether oxygens (including phenoxy) is 1. The number of carboxylic acid groups (broad SMARTS) is 1. The number of piperidine rings is 1. The predicted octanol–water partition coefficient (Wildman–Crippen LogP) is 3.47. The van der Waals surface area contributed by atoms with Crippen molar-refractivity contribution in [2.75, 3.05) is 19.7 Å². The highest BCUT2D eigenvalue weighted by atomic mass is 35.5. The van der Waals surface area contributed by atoms with Crippen LogP contribution < -0.4 is 10.1 Å². The second-order valence-corrected chi connectivity index (χ2v) is 7.92. The van der Waals surface area contributed by atoms with E-state index in [4.69, 9.17) is 16.3 Å². The highest BCUT2D eigenvalue weighted by Gasteiger charge is 2.34. The van der Waals surface area contributed by atoms with E-state index in [1.807, 2.05) is 12.1 Å². The zero-order valence-electron chi connectivity index (χ0n) is 13.7. The fourth-order valence-corrected chi connectivity index (χ4v) is 4.03. The van der Waals surface area contributed by atoms with Gasteiger partial charge in [0.05, 0.1) is 12.5 Å². The third kappa shape index (κ3) is 3.48. The Labute approximate surface area is 142 Å². The first-order valence-corrected chi connectivity index (χ1v) is 8.64. The summed E-state index contributed by atoms with van der Waals surface area (Å²) in [5.74, 6) is -0.448. The number of hydrogen-bond acceptors (Lipinski definition) is 3. The molecule has 0 saturated carbocycles. The summed E-state index contributed by atoms with van der Waals surface area (Å²) in [5, 5.41) is 13.6. The molecule has 1 fully saturated rings. The van der Waals surface area contributed by atoms with Crippen LogP contribution in [0.25, 0.3) is 0 Å². The molecule has 3 rings (SSSR count). The lowest BCUT2D eigenvalue weighted by Gasteiger charge is -2.33. The van der Waals surface area contributed by atoms with Crippen LogP contribution in [-0.2, 0) is 11.2 Å². The Morgan fingerprint density at radius 1 is 1.39 bits per heavy atom. The van der Waals surface area contributed by atoms with Gasteiger partial charge in [-0.1, -0.05) is 25.4 Å². The van der Waals surface area contributed by atoms with Crippen LogP contribution in [0.5, 0.6) is 5.75 Å². The van der Waals surface area contributed by atoms with Crippen molar-refractivity contribution in [3.63, 3.8) is 0 Å². The Kier molecular flexibility index (Phi) is 4.56. The Morgan fingerprint density at radius 3 is 2.74 bits per heavy atom. The van der Waals surface area contributed by atoms with Crippen molar-refractivity contribution >= 4 is 17.6 Å². The molecule has 0 aromatic heterocycles. The molecule has 0 amide bonds. The summed E-state index contributed by atoms with van der Waals surface area (Å²) in [7, 11) is 0. The minimum absolute atomic E-state index is 0.0824. The fraction of sp³-hybridized carbons (Fsp3) is 0.611. The van der Waals surface area contributed by atoms with E-state index in [9.17, 15) is 9.90 Å². The molecule has 2 aliphatic heterocycles. The van der Waals surface area contributed by atoms with Gasteiger partial charge in [0.15, 0.2) is 0 Å². The van der Waals surface area contributed by atoms with E-state index in [2.05, 4.69) is 19.2 Å². The average molecular weight is 338 g/mol. The maximum atomic E-state index is 11.9. The van der Waals surface area contributed by atoms with Gasteiger partial charge in [0.2, 0.25) is 0 Å². The molecule has 1 aromatic carbocycles. The first kappa shape index (κ1) is 16.6. The molecule has 0 aliphatic carbocycles. The maximum absolute atomic E-state index is 11.9. The molecular weight excluding hydrogens is 314 g/mol. The summed E-state index contributed by atoms with van der Waals surface area (Å²) in [4.78, 5) is 11.9. The standard InChI is InChI=1S/C18H24ClNO3/c1-18(2)9-12-7-14(19)13(8-15(12)23-10-18)16(17(21)22)11-3-5-20-6-4-11/h7-8,11,16,20H,3-6,9-10H2,1-2H3,(H,21,22). The number of hydrogen-bond donors (Lipinski definition) is 2. The van der Waals surface area contributed by atoms with Gasteiger partial charge >= 0.3 is 5.97 Å². The van der Waals surface area contributed by atoms with Gasteiger partial charge < -0.3 is 15.2 Å². The number of halogens is 1. The van der Waals surface area contributed by atoms with E-state index in [0.717, 1.165) is 43.7 Å². The van der Waals surface area contributed by atoms with Crippen molar-refractivity contribution in [1.29, 1.82) is 0 Å². The first-order valence-electron chi connectivity index (χ1n) is 8.26. The minimum Gasteiger partial charge on any atom is -0.493 e. The van der Waals surface area contributed by atoms with Crippen molar-refractivity contribution in [1.82, 2.24) is 5.32 Å². The number of aliphatic carboxylic acids is 1. The quantitative estimate of drug-likeness (QED) is 0.886. The van der Waals surface area contributed by atoms with E-state index in [-0.39, 0.29) is 11.3 Å². The van der Waals surface area contributed by atoms with Crippen molar-refractivity contribution in [3.05, 3.63) is 28.3 Å². The normalized spacial score (nSPS) is 22.0. The second-order valence-electron chi connectivity index (χ2n) is 7.51. The van der Waals surface area contributed by atoms with E-state index in [1.165, 1.54) is 0 Å². The van der Waals surface area contributed by atoms with Gasteiger partial charge in [-0.25, -0.2) is 0 Å². The van der Waals surface area contributed by atoms with Gasteiger partial charge in [-0.15, -0.1) is 0 Å².